The molecular formula is C40H32N2O8S2. The SMILES string of the molecule is COC(=O)c1ccc(N(c2ccc(C(=O)OC)cc2)c2ccc(-c3ccc(N(c4ccc(C(=O)OC)cc4)c4ccc(C(=O)OC)cc4)s3)s2)cc1. The smallest absolute Gasteiger partial charge is 0.337 e. The van der Waals surface area contributed by atoms with Crippen LogP contribution in [0.3, 0.4) is 0 Å². The minimum atomic E-state index is -0.430. The summed E-state index contributed by atoms with van der Waals surface area (Å²) >= 11 is 3.16. The lowest BCUT2D eigenvalue weighted by atomic mass is 10.1. The predicted molar refractivity (Wildman–Crippen MR) is 202 cm³/mol. The Morgan fingerprint density at radius 3 is 0.808 bits per heavy atom. The average Bonchev–Trinajstić information content (AvgIpc) is 3.89. The van der Waals surface area contributed by atoms with Crippen molar-refractivity contribution in [3.05, 3.63) is 144 Å². The topological polar surface area (TPSA) is 112 Å². The van der Waals surface area contributed by atoms with Gasteiger partial charge in [-0.3, -0.25) is 0 Å². The van der Waals surface area contributed by atoms with Crippen LogP contribution >= 0.6 is 22.7 Å². The highest BCUT2D eigenvalue weighted by molar-refractivity contribution is 7.26. The van der Waals surface area contributed by atoms with Crippen molar-refractivity contribution in [2.75, 3.05) is 38.2 Å². The van der Waals surface area contributed by atoms with E-state index >= 15 is 0 Å². The second-order valence-corrected chi connectivity index (χ2v) is 13.2. The fourth-order valence-electron chi connectivity index (χ4n) is 5.43. The molecule has 2 aromatic heterocycles. The molecule has 10 nitrogen and oxygen atoms in total. The Morgan fingerprint density at radius 2 is 0.596 bits per heavy atom. The zero-order chi connectivity index (χ0) is 36.8. The second-order valence-electron chi connectivity index (χ2n) is 11.1. The van der Waals surface area contributed by atoms with E-state index in [1.54, 1.807) is 71.2 Å². The van der Waals surface area contributed by atoms with Gasteiger partial charge in [-0.1, -0.05) is 0 Å². The van der Waals surface area contributed by atoms with Gasteiger partial charge in [0, 0.05) is 32.5 Å². The Kier molecular flexibility index (Phi) is 10.8. The maximum Gasteiger partial charge on any atom is 0.337 e. The normalized spacial score (nSPS) is 10.6. The quantitative estimate of drug-likeness (QED) is 0.0943. The van der Waals surface area contributed by atoms with Crippen molar-refractivity contribution >= 4 is 79.3 Å². The lowest BCUT2D eigenvalue weighted by Crippen LogP contribution is -2.10. The summed E-state index contributed by atoms with van der Waals surface area (Å²) in [6.07, 6.45) is 0. The van der Waals surface area contributed by atoms with Crippen LogP contribution in [-0.2, 0) is 18.9 Å². The minimum absolute atomic E-state index is 0.426. The Balaban J connectivity index is 1.37. The molecule has 0 bridgehead atoms. The molecule has 0 aliphatic rings. The summed E-state index contributed by atoms with van der Waals surface area (Å²) in [5, 5.41) is 1.80. The van der Waals surface area contributed by atoms with E-state index in [1.165, 1.54) is 28.4 Å². The maximum absolute atomic E-state index is 12.1. The molecule has 0 fully saturated rings. The molecule has 4 aromatic carbocycles. The van der Waals surface area contributed by atoms with Crippen LogP contribution in [0.2, 0.25) is 0 Å². The first-order valence-corrected chi connectivity index (χ1v) is 17.4. The summed E-state index contributed by atoms with van der Waals surface area (Å²) in [4.78, 5) is 54.7. The van der Waals surface area contributed by atoms with Crippen molar-refractivity contribution in [1.82, 2.24) is 0 Å². The molecule has 6 aromatic rings. The number of methoxy groups -OCH3 is 4. The number of carbonyl (C=O) groups is 4. The van der Waals surface area contributed by atoms with E-state index in [0.29, 0.717) is 22.3 Å². The van der Waals surface area contributed by atoms with Crippen LogP contribution in [-0.4, -0.2) is 52.3 Å². The number of thiophene rings is 2. The minimum Gasteiger partial charge on any atom is -0.465 e. The van der Waals surface area contributed by atoms with Gasteiger partial charge in [0.05, 0.1) is 50.7 Å². The van der Waals surface area contributed by atoms with Gasteiger partial charge in [0.1, 0.15) is 10.0 Å². The van der Waals surface area contributed by atoms with E-state index in [-0.39, 0.29) is 0 Å². The van der Waals surface area contributed by atoms with Crippen LogP contribution in [0.5, 0.6) is 0 Å². The van der Waals surface area contributed by atoms with Gasteiger partial charge in [-0.05, 0) is 121 Å². The van der Waals surface area contributed by atoms with Gasteiger partial charge in [-0.15, -0.1) is 22.7 Å². The molecule has 12 heteroatoms. The Morgan fingerprint density at radius 1 is 0.365 bits per heavy atom. The van der Waals surface area contributed by atoms with Crippen molar-refractivity contribution in [3.8, 4) is 9.75 Å². The van der Waals surface area contributed by atoms with Gasteiger partial charge in [0.15, 0.2) is 0 Å². The van der Waals surface area contributed by atoms with Crippen molar-refractivity contribution in [2.45, 2.75) is 0 Å². The van der Waals surface area contributed by atoms with Gasteiger partial charge < -0.3 is 28.7 Å². The van der Waals surface area contributed by atoms with E-state index < -0.39 is 23.9 Å². The molecule has 0 spiro atoms. The fourth-order valence-corrected chi connectivity index (χ4v) is 7.61. The lowest BCUT2D eigenvalue weighted by Gasteiger charge is -2.24. The van der Waals surface area contributed by atoms with Gasteiger partial charge in [-0.2, -0.15) is 0 Å². The number of anilines is 6. The van der Waals surface area contributed by atoms with Gasteiger partial charge >= 0.3 is 23.9 Å². The number of carbonyl (C=O) groups excluding carboxylic acids is 4. The summed E-state index contributed by atoms with van der Waals surface area (Å²) in [5.74, 6) is -1.72. The largest absolute Gasteiger partial charge is 0.465 e. The van der Waals surface area contributed by atoms with Crippen LogP contribution < -0.4 is 9.80 Å². The number of rotatable bonds is 11. The van der Waals surface area contributed by atoms with Crippen LogP contribution in [0.4, 0.5) is 32.8 Å². The summed E-state index contributed by atoms with van der Waals surface area (Å²) in [5.41, 5.74) is 4.91. The number of hydrogen-bond donors (Lipinski definition) is 0. The molecule has 0 N–H and O–H groups in total. The second kappa shape index (κ2) is 15.8. The summed E-state index contributed by atoms with van der Waals surface area (Å²) in [6.45, 7) is 0. The Labute approximate surface area is 308 Å². The highest BCUT2D eigenvalue weighted by Gasteiger charge is 2.21. The van der Waals surface area contributed by atoms with Gasteiger partial charge in [0.2, 0.25) is 0 Å². The number of ether oxygens (including phenoxy) is 4. The van der Waals surface area contributed by atoms with Crippen molar-refractivity contribution in [1.29, 1.82) is 0 Å². The van der Waals surface area contributed by atoms with Crippen LogP contribution in [0.25, 0.3) is 9.75 Å². The molecule has 0 saturated heterocycles. The molecule has 0 atom stereocenters. The average molecular weight is 733 g/mol. The van der Waals surface area contributed by atoms with Crippen molar-refractivity contribution in [3.63, 3.8) is 0 Å². The lowest BCUT2D eigenvalue weighted by molar-refractivity contribution is 0.0592. The molecule has 0 saturated carbocycles. The maximum atomic E-state index is 12.1. The summed E-state index contributed by atoms with van der Waals surface area (Å²) in [7, 11) is 5.37. The highest BCUT2D eigenvalue weighted by atomic mass is 32.1. The number of hydrogen-bond acceptors (Lipinski definition) is 12. The molecule has 262 valence electrons. The van der Waals surface area contributed by atoms with E-state index in [2.05, 4.69) is 12.1 Å². The summed E-state index contributed by atoms with van der Waals surface area (Å²) < 4.78 is 19.5. The van der Waals surface area contributed by atoms with E-state index in [9.17, 15) is 19.2 Å². The summed E-state index contributed by atoms with van der Waals surface area (Å²) in [6, 6.07) is 36.6. The van der Waals surface area contributed by atoms with Crippen LogP contribution in [0, 0.1) is 0 Å². The van der Waals surface area contributed by atoms with E-state index in [0.717, 1.165) is 42.5 Å². The third kappa shape index (κ3) is 7.43. The Hall–Kier alpha value is -6.24. The van der Waals surface area contributed by atoms with Crippen LogP contribution in [0.15, 0.2) is 121 Å². The van der Waals surface area contributed by atoms with Crippen molar-refractivity contribution < 1.29 is 38.1 Å². The highest BCUT2D eigenvalue weighted by Crippen LogP contribution is 2.46. The zero-order valence-corrected chi connectivity index (χ0v) is 30.2. The van der Waals surface area contributed by atoms with Gasteiger partial charge in [0.25, 0.3) is 0 Å². The molecule has 0 radical (unpaired) electrons. The fraction of sp³-hybridized carbons (Fsp3) is 0.100. The molecule has 52 heavy (non-hydrogen) atoms. The third-order valence-electron chi connectivity index (χ3n) is 8.05. The number of esters is 4. The van der Waals surface area contributed by atoms with Gasteiger partial charge in [-0.25, -0.2) is 19.2 Å². The van der Waals surface area contributed by atoms with E-state index in [4.69, 9.17) is 18.9 Å². The number of benzene rings is 4. The monoisotopic (exact) mass is 732 g/mol. The first-order chi connectivity index (χ1) is 25.2. The third-order valence-corrected chi connectivity index (χ3v) is 10.4. The van der Waals surface area contributed by atoms with E-state index in [1.807, 2.05) is 70.5 Å². The standard InChI is InChI=1S/C40H32N2O8S2/c1-47-37(43)25-5-13-29(14-6-25)41(30-15-7-26(8-16-30)38(44)48-2)35-23-21-33(51-35)34-22-24-36(52-34)42(31-17-9-27(10-18-31)39(45)49-3)32-19-11-28(12-20-32)40(46)50-4/h5-24H,1-4H3. The molecule has 0 aliphatic carbocycles. The predicted octanol–water partition coefficient (Wildman–Crippen LogP) is 9.56. The molecule has 0 unspecified atom stereocenters. The first kappa shape index (κ1) is 35.6. The van der Waals surface area contributed by atoms with Crippen molar-refractivity contribution in [2.24, 2.45) is 0 Å². The van der Waals surface area contributed by atoms with Crippen LogP contribution in [0.1, 0.15) is 41.4 Å². The molecular weight excluding hydrogens is 701 g/mol. The molecule has 2 heterocycles. The molecule has 0 aliphatic heterocycles. The zero-order valence-electron chi connectivity index (χ0n) is 28.5. The first-order valence-electron chi connectivity index (χ1n) is 15.8. The molecule has 0 amide bonds. The number of nitrogens with zero attached hydrogens (tertiary/aromatic N) is 2. The molecule has 6 rings (SSSR count). The Bertz CT molecular complexity index is 1930.